The second-order valence-corrected chi connectivity index (χ2v) is 5.44. The molecule has 2 saturated heterocycles. The number of rotatable bonds is 2. The number of carbonyl (C=O) groups is 1. The zero-order valence-electron chi connectivity index (χ0n) is 11.2. The van der Waals surface area contributed by atoms with Crippen molar-refractivity contribution >= 4 is 5.91 Å². The van der Waals surface area contributed by atoms with Gasteiger partial charge in [0.05, 0.1) is 12.5 Å². The summed E-state index contributed by atoms with van der Waals surface area (Å²) in [5.74, 6) is 1.38. The van der Waals surface area contributed by atoms with E-state index in [-0.39, 0.29) is 17.2 Å². The van der Waals surface area contributed by atoms with E-state index < -0.39 is 0 Å². The highest BCUT2D eigenvalue weighted by molar-refractivity contribution is 5.86. The standard InChI is InChI=1S/C15H20N2O2/c1-19-12-4-2-11(3-5-12)13-10-17-14(18)15(13)6-8-16-9-7-15/h2-5,13,16H,6-10H2,1H3,(H,17,18). The van der Waals surface area contributed by atoms with Crippen LogP contribution >= 0.6 is 0 Å². The predicted molar refractivity (Wildman–Crippen MR) is 73.3 cm³/mol. The first kappa shape index (κ1) is 12.5. The van der Waals surface area contributed by atoms with Gasteiger partial charge in [-0.05, 0) is 43.6 Å². The van der Waals surface area contributed by atoms with E-state index in [1.807, 2.05) is 12.1 Å². The van der Waals surface area contributed by atoms with E-state index in [9.17, 15) is 4.79 Å². The molecule has 4 nitrogen and oxygen atoms in total. The van der Waals surface area contributed by atoms with Gasteiger partial charge < -0.3 is 15.4 Å². The van der Waals surface area contributed by atoms with E-state index in [0.717, 1.165) is 38.2 Å². The normalized spacial score (nSPS) is 25.3. The molecule has 1 unspecified atom stereocenters. The van der Waals surface area contributed by atoms with Gasteiger partial charge in [0.1, 0.15) is 5.75 Å². The van der Waals surface area contributed by atoms with E-state index >= 15 is 0 Å². The van der Waals surface area contributed by atoms with Gasteiger partial charge in [-0.1, -0.05) is 12.1 Å². The molecular weight excluding hydrogens is 240 g/mol. The number of piperidine rings is 1. The molecule has 2 fully saturated rings. The average Bonchev–Trinajstić information content (AvgIpc) is 2.77. The number of benzene rings is 1. The summed E-state index contributed by atoms with van der Waals surface area (Å²) in [6.07, 6.45) is 1.85. The van der Waals surface area contributed by atoms with Crippen LogP contribution in [0.5, 0.6) is 5.75 Å². The number of ether oxygens (including phenoxy) is 1. The van der Waals surface area contributed by atoms with Gasteiger partial charge in [-0.2, -0.15) is 0 Å². The quantitative estimate of drug-likeness (QED) is 0.842. The molecule has 0 radical (unpaired) electrons. The van der Waals surface area contributed by atoms with Gasteiger partial charge >= 0.3 is 0 Å². The van der Waals surface area contributed by atoms with Gasteiger partial charge in [-0.15, -0.1) is 0 Å². The molecule has 1 spiro atoms. The monoisotopic (exact) mass is 260 g/mol. The SMILES string of the molecule is COc1ccc(C2CNC(=O)C23CCNCC3)cc1. The van der Waals surface area contributed by atoms with Crippen LogP contribution in [0, 0.1) is 5.41 Å². The zero-order valence-corrected chi connectivity index (χ0v) is 11.2. The second-order valence-electron chi connectivity index (χ2n) is 5.44. The summed E-state index contributed by atoms with van der Waals surface area (Å²) < 4.78 is 5.20. The van der Waals surface area contributed by atoms with Crippen LogP contribution in [0.15, 0.2) is 24.3 Å². The fourth-order valence-corrected chi connectivity index (χ4v) is 3.45. The van der Waals surface area contributed by atoms with Crippen molar-refractivity contribution in [2.75, 3.05) is 26.7 Å². The molecule has 1 atom stereocenters. The minimum Gasteiger partial charge on any atom is -0.497 e. The Morgan fingerprint density at radius 3 is 2.53 bits per heavy atom. The van der Waals surface area contributed by atoms with Crippen LogP contribution in [-0.2, 0) is 4.79 Å². The van der Waals surface area contributed by atoms with Gasteiger partial charge in [-0.25, -0.2) is 0 Å². The van der Waals surface area contributed by atoms with Crippen LogP contribution in [0.1, 0.15) is 24.3 Å². The van der Waals surface area contributed by atoms with E-state index in [0.29, 0.717) is 0 Å². The summed E-state index contributed by atoms with van der Waals surface area (Å²) >= 11 is 0. The minimum absolute atomic E-state index is 0.208. The van der Waals surface area contributed by atoms with E-state index in [4.69, 9.17) is 4.74 Å². The third-order valence-corrected chi connectivity index (χ3v) is 4.60. The first-order valence-electron chi connectivity index (χ1n) is 6.89. The van der Waals surface area contributed by atoms with Crippen molar-refractivity contribution in [3.63, 3.8) is 0 Å². The predicted octanol–water partition coefficient (Wildman–Crippen LogP) is 1.28. The van der Waals surface area contributed by atoms with Crippen LogP contribution in [0.3, 0.4) is 0 Å². The molecule has 0 bridgehead atoms. The summed E-state index contributed by atoms with van der Waals surface area (Å²) in [6.45, 7) is 2.62. The smallest absolute Gasteiger partial charge is 0.227 e. The van der Waals surface area contributed by atoms with Crippen LogP contribution in [0.4, 0.5) is 0 Å². The summed E-state index contributed by atoms with van der Waals surface area (Å²) in [5, 5.41) is 6.41. The van der Waals surface area contributed by atoms with Crippen molar-refractivity contribution in [2.45, 2.75) is 18.8 Å². The summed E-state index contributed by atoms with van der Waals surface area (Å²) in [5.41, 5.74) is 1.03. The highest BCUT2D eigenvalue weighted by Crippen LogP contribution is 2.46. The lowest BCUT2D eigenvalue weighted by atomic mass is 9.68. The van der Waals surface area contributed by atoms with Crippen LogP contribution in [-0.4, -0.2) is 32.7 Å². The molecule has 3 rings (SSSR count). The third kappa shape index (κ3) is 2.00. The molecule has 1 aromatic rings. The summed E-state index contributed by atoms with van der Waals surface area (Å²) in [7, 11) is 1.67. The Morgan fingerprint density at radius 2 is 1.89 bits per heavy atom. The van der Waals surface area contributed by atoms with Crippen LogP contribution in [0.25, 0.3) is 0 Å². The van der Waals surface area contributed by atoms with Gasteiger partial charge in [0, 0.05) is 12.5 Å². The molecule has 0 saturated carbocycles. The van der Waals surface area contributed by atoms with Crippen molar-refractivity contribution < 1.29 is 9.53 Å². The topological polar surface area (TPSA) is 50.4 Å². The lowest BCUT2D eigenvalue weighted by molar-refractivity contribution is -0.129. The number of nitrogens with one attached hydrogen (secondary N) is 2. The highest BCUT2D eigenvalue weighted by Gasteiger charge is 2.50. The lowest BCUT2D eigenvalue weighted by Crippen LogP contribution is -2.44. The first-order valence-corrected chi connectivity index (χ1v) is 6.89. The summed E-state index contributed by atoms with van der Waals surface area (Å²) in [4.78, 5) is 12.3. The molecule has 2 heterocycles. The number of amides is 1. The largest absolute Gasteiger partial charge is 0.497 e. The molecule has 4 heteroatoms. The Morgan fingerprint density at radius 1 is 1.21 bits per heavy atom. The Hall–Kier alpha value is -1.55. The number of hydrogen-bond donors (Lipinski definition) is 2. The molecule has 0 aliphatic carbocycles. The Balaban J connectivity index is 1.91. The molecule has 19 heavy (non-hydrogen) atoms. The Labute approximate surface area is 113 Å². The fraction of sp³-hybridized carbons (Fsp3) is 0.533. The Kier molecular flexibility index (Phi) is 3.19. The van der Waals surface area contributed by atoms with E-state index in [1.54, 1.807) is 7.11 Å². The van der Waals surface area contributed by atoms with Crippen molar-refractivity contribution in [1.29, 1.82) is 0 Å². The van der Waals surface area contributed by atoms with Gasteiger partial charge in [0.2, 0.25) is 5.91 Å². The molecule has 1 amide bonds. The third-order valence-electron chi connectivity index (χ3n) is 4.60. The maximum absolute atomic E-state index is 12.3. The first-order chi connectivity index (χ1) is 9.26. The molecule has 102 valence electrons. The number of carbonyl (C=O) groups excluding carboxylic acids is 1. The van der Waals surface area contributed by atoms with E-state index in [1.165, 1.54) is 5.56 Å². The average molecular weight is 260 g/mol. The van der Waals surface area contributed by atoms with Gasteiger partial charge in [0.15, 0.2) is 0 Å². The lowest BCUT2D eigenvalue weighted by Gasteiger charge is -2.36. The maximum Gasteiger partial charge on any atom is 0.227 e. The fourth-order valence-electron chi connectivity index (χ4n) is 3.45. The zero-order chi connectivity index (χ0) is 13.3. The van der Waals surface area contributed by atoms with Gasteiger partial charge in [-0.3, -0.25) is 4.79 Å². The highest BCUT2D eigenvalue weighted by atomic mass is 16.5. The van der Waals surface area contributed by atoms with Crippen molar-refractivity contribution in [1.82, 2.24) is 10.6 Å². The minimum atomic E-state index is -0.208. The molecular formula is C15H20N2O2. The second kappa shape index (κ2) is 4.85. The number of methoxy groups -OCH3 is 1. The van der Waals surface area contributed by atoms with Crippen LogP contribution < -0.4 is 15.4 Å². The molecule has 2 aliphatic rings. The van der Waals surface area contributed by atoms with Crippen LogP contribution in [0.2, 0.25) is 0 Å². The summed E-state index contributed by atoms with van der Waals surface area (Å²) in [6, 6.07) is 8.14. The molecule has 2 N–H and O–H groups in total. The number of hydrogen-bond acceptors (Lipinski definition) is 3. The van der Waals surface area contributed by atoms with Crippen molar-refractivity contribution in [3.05, 3.63) is 29.8 Å². The molecule has 2 aliphatic heterocycles. The van der Waals surface area contributed by atoms with Crippen molar-refractivity contribution in [2.24, 2.45) is 5.41 Å². The Bertz CT molecular complexity index is 464. The maximum atomic E-state index is 12.3. The van der Waals surface area contributed by atoms with E-state index in [2.05, 4.69) is 22.8 Å². The molecule has 0 aromatic heterocycles. The van der Waals surface area contributed by atoms with Crippen molar-refractivity contribution in [3.8, 4) is 5.75 Å². The molecule has 1 aromatic carbocycles. The van der Waals surface area contributed by atoms with Gasteiger partial charge in [0.25, 0.3) is 0 Å².